The predicted molar refractivity (Wildman–Crippen MR) is 93.2 cm³/mol. The van der Waals surface area contributed by atoms with Crippen LogP contribution < -0.4 is 5.32 Å². The van der Waals surface area contributed by atoms with Crippen molar-refractivity contribution in [3.63, 3.8) is 0 Å². The molecule has 0 radical (unpaired) electrons. The van der Waals surface area contributed by atoms with Crippen LogP contribution >= 0.6 is 0 Å². The Hall–Kier alpha value is -1.51. The zero-order valence-electron chi connectivity index (χ0n) is 14.5. The zero-order valence-corrected chi connectivity index (χ0v) is 14.5. The first-order chi connectivity index (χ1) is 10.4. The first kappa shape index (κ1) is 16.9. The van der Waals surface area contributed by atoms with E-state index in [4.69, 9.17) is 0 Å². The normalized spacial score (nSPS) is 16.6. The topological polar surface area (TPSA) is 32.3 Å². The van der Waals surface area contributed by atoms with Crippen LogP contribution in [-0.2, 0) is 10.2 Å². The Morgan fingerprint density at radius 1 is 1.18 bits per heavy atom. The van der Waals surface area contributed by atoms with Crippen molar-refractivity contribution >= 4 is 11.6 Å². The van der Waals surface area contributed by atoms with Crippen molar-refractivity contribution in [3.05, 3.63) is 29.8 Å². The van der Waals surface area contributed by atoms with Crippen molar-refractivity contribution < 1.29 is 4.79 Å². The number of nitrogens with zero attached hydrogens (tertiary/aromatic N) is 1. The minimum absolute atomic E-state index is 0.180. The molecule has 0 saturated carbocycles. The molecule has 22 heavy (non-hydrogen) atoms. The lowest BCUT2D eigenvalue weighted by atomic mass is 9.87. The van der Waals surface area contributed by atoms with Gasteiger partial charge in [-0.3, -0.25) is 4.79 Å². The van der Waals surface area contributed by atoms with Gasteiger partial charge in [0.25, 0.3) is 0 Å². The third-order valence-corrected chi connectivity index (χ3v) is 4.56. The van der Waals surface area contributed by atoms with Gasteiger partial charge in [0, 0.05) is 31.7 Å². The Bertz CT molecular complexity index is 479. The highest BCUT2D eigenvalue weighted by Crippen LogP contribution is 2.23. The van der Waals surface area contributed by atoms with Crippen LogP contribution in [0, 0.1) is 5.92 Å². The van der Waals surface area contributed by atoms with E-state index in [9.17, 15) is 4.79 Å². The fraction of sp³-hybridized carbons (Fsp3) is 0.632. The molecule has 2 rings (SSSR count). The monoisotopic (exact) mass is 302 g/mol. The van der Waals surface area contributed by atoms with Crippen LogP contribution in [0.4, 0.5) is 5.69 Å². The van der Waals surface area contributed by atoms with Crippen molar-refractivity contribution in [2.24, 2.45) is 5.92 Å². The summed E-state index contributed by atoms with van der Waals surface area (Å²) in [5.74, 6) is 1.05. The molecule has 1 amide bonds. The van der Waals surface area contributed by atoms with Crippen LogP contribution in [0.5, 0.6) is 0 Å². The molecule has 1 fully saturated rings. The summed E-state index contributed by atoms with van der Waals surface area (Å²) >= 11 is 0. The van der Waals surface area contributed by atoms with Gasteiger partial charge in [-0.15, -0.1) is 0 Å². The second-order valence-electron chi connectivity index (χ2n) is 7.57. The molecule has 0 unspecified atom stereocenters. The molecule has 1 aliphatic heterocycles. The average molecular weight is 302 g/mol. The van der Waals surface area contributed by atoms with E-state index in [2.05, 4.69) is 57.3 Å². The van der Waals surface area contributed by atoms with Crippen molar-refractivity contribution in [2.75, 3.05) is 25.0 Å². The quantitative estimate of drug-likeness (QED) is 0.910. The van der Waals surface area contributed by atoms with E-state index < -0.39 is 0 Å². The highest BCUT2D eigenvalue weighted by molar-refractivity contribution is 5.76. The van der Waals surface area contributed by atoms with Crippen LogP contribution in [-0.4, -0.2) is 30.4 Å². The number of hydrogen-bond donors (Lipinski definition) is 1. The minimum Gasteiger partial charge on any atom is -0.385 e. The Kier molecular flexibility index (Phi) is 5.49. The number of likely N-dealkylation sites (tertiary alicyclic amines) is 1. The second kappa shape index (κ2) is 7.17. The lowest BCUT2D eigenvalue weighted by Crippen LogP contribution is -2.38. The summed E-state index contributed by atoms with van der Waals surface area (Å²) in [6, 6.07) is 8.54. The van der Waals surface area contributed by atoms with Gasteiger partial charge in [0.05, 0.1) is 0 Å². The first-order valence-electron chi connectivity index (χ1n) is 8.48. The van der Waals surface area contributed by atoms with Crippen molar-refractivity contribution in [1.82, 2.24) is 4.90 Å². The van der Waals surface area contributed by atoms with Crippen LogP contribution in [0.3, 0.4) is 0 Å². The summed E-state index contributed by atoms with van der Waals surface area (Å²) in [6.45, 7) is 11.5. The van der Waals surface area contributed by atoms with Gasteiger partial charge < -0.3 is 10.2 Å². The zero-order chi connectivity index (χ0) is 16.2. The van der Waals surface area contributed by atoms with Crippen LogP contribution in [0.2, 0.25) is 0 Å². The third kappa shape index (κ3) is 4.75. The van der Waals surface area contributed by atoms with Crippen LogP contribution in [0.25, 0.3) is 0 Å². The Morgan fingerprint density at radius 3 is 2.32 bits per heavy atom. The molecule has 0 atom stereocenters. The smallest absolute Gasteiger partial charge is 0.224 e. The van der Waals surface area contributed by atoms with E-state index >= 15 is 0 Å². The minimum atomic E-state index is 0.180. The highest BCUT2D eigenvalue weighted by Gasteiger charge is 2.19. The maximum atomic E-state index is 12.2. The summed E-state index contributed by atoms with van der Waals surface area (Å²) < 4.78 is 0. The molecular formula is C19H30N2O. The predicted octanol–water partition coefficient (Wildman–Crippen LogP) is 4.04. The van der Waals surface area contributed by atoms with Gasteiger partial charge in [-0.05, 0) is 41.9 Å². The molecule has 0 bridgehead atoms. The number of rotatable bonds is 4. The van der Waals surface area contributed by atoms with Gasteiger partial charge in [-0.1, -0.05) is 39.8 Å². The number of benzene rings is 1. The number of nitrogens with one attached hydrogen (secondary N) is 1. The van der Waals surface area contributed by atoms with Gasteiger partial charge in [0.2, 0.25) is 5.91 Å². The Morgan fingerprint density at radius 2 is 1.77 bits per heavy atom. The molecule has 1 aromatic rings. The average Bonchev–Trinajstić information content (AvgIpc) is 2.47. The molecule has 0 aromatic heterocycles. The maximum absolute atomic E-state index is 12.2. The largest absolute Gasteiger partial charge is 0.385 e. The van der Waals surface area contributed by atoms with Crippen molar-refractivity contribution in [3.8, 4) is 0 Å². The molecule has 0 spiro atoms. The fourth-order valence-corrected chi connectivity index (χ4v) is 2.82. The molecule has 1 aromatic carbocycles. The molecule has 1 heterocycles. The summed E-state index contributed by atoms with van der Waals surface area (Å²) in [6.07, 6.45) is 2.87. The van der Waals surface area contributed by atoms with Gasteiger partial charge in [0.15, 0.2) is 0 Å². The van der Waals surface area contributed by atoms with Crippen molar-refractivity contribution in [2.45, 2.75) is 52.4 Å². The number of hydrogen-bond acceptors (Lipinski definition) is 2. The van der Waals surface area contributed by atoms with E-state index in [0.717, 1.165) is 37.5 Å². The standard InChI is InChI=1S/C19H30N2O/c1-15-10-13-21(14-11-15)18(22)9-12-20-17-7-5-16(6-8-17)19(2,3)4/h5-8,15,20H,9-14H2,1-4H3. The SMILES string of the molecule is CC1CCN(C(=O)CCNc2ccc(C(C)(C)C)cc2)CC1. The summed E-state index contributed by atoms with van der Waals surface area (Å²) in [5, 5.41) is 3.35. The van der Waals surface area contributed by atoms with E-state index in [1.807, 2.05) is 4.90 Å². The summed E-state index contributed by atoms with van der Waals surface area (Å²) in [7, 11) is 0. The third-order valence-electron chi connectivity index (χ3n) is 4.56. The first-order valence-corrected chi connectivity index (χ1v) is 8.48. The Balaban J connectivity index is 1.75. The second-order valence-corrected chi connectivity index (χ2v) is 7.57. The number of carbonyl (C=O) groups excluding carboxylic acids is 1. The van der Waals surface area contributed by atoms with Gasteiger partial charge >= 0.3 is 0 Å². The van der Waals surface area contributed by atoms with E-state index in [1.54, 1.807) is 0 Å². The molecule has 1 aliphatic rings. The molecule has 3 heteroatoms. The van der Waals surface area contributed by atoms with Gasteiger partial charge in [-0.25, -0.2) is 0 Å². The van der Waals surface area contributed by atoms with Crippen LogP contribution in [0.15, 0.2) is 24.3 Å². The lowest BCUT2D eigenvalue weighted by Gasteiger charge is -2.30. The Labute approximate surface area is 135 Å². The molecule has 1 N–H and O–H groups in total. The number of amides is 1. The molecular weight excluding hydrogens is 272 g/mol. The number of carbonyl (C=O) groups is 1. The maximum Gasteiger partial charge on any atom is 0.224 e. The molecule has 3 nitrogen and oxygen atoms in total. The summed E-state index contributed by atoms with van der Waals surface area (Å²) in [5.41, 5.74) is 2.60. The molecule has 1 saturated heterocycles. The number of piperidine rings is 1. The molecule has 0 aliphatic carbocycles. The summed E-state index contributed by atoms with van der Waals surface area (Å²) in [4.78, 5) is 14.2. The van der Waals surface area contributed by atoms with Crippen LogP contribution in [0.1, 0.15) is 52.5 Å². The molecule has 122 valence electrons. The van der Waals surface area contributed by atoms with E-state index in [1.165, 1.54) is 5.56 Å². The fourth-order valence-electron chi connectivity index (χ4n) is 2.82. The van der Waals surface area contributed by atoms with Gasteiger partial charge in [0.1, 0.15) is 0 Å². The van der Waals surface area contributed by atoms with Crippen molar-refractivity contribution in [1.29, 1.82) is 0 Å². The van der Waals surface area contributed by atoms with E-state index in [0.29, 0.717) is 13.0 Å². The number of anilines is 1. The van der Waals surface area contributed by atoms with Gasteiger partial charge in [-0.2, -0.15) is 0 Å². The van der Waals surface area contributed by atoms with E-state index in [-0.39, 0.29) is 11.3 Å². The lowest BCUT2D eigenvalue weighted by molar-refractivity contribution is -0.132. The highest BCUT2D eigenvalue weighted by atomic mass is 16.2.